The Morgan fingerprint density at radius 3 is 2.59 bits per heavy atom. The van der Waals surface area contributed by atoms with Crippen molar-refractivity contribution < 1.29 is 13.2 Å². The number of nitrogens with one attached hydrogen (secondary N) is 1. The highest BCUT2D eigenvalue weighted by molar-refractivity contribution is 7.89. The third-order valence-corrected chi connectivity index (χ3v) is 6.10. The molecule has 122 valence electrons. The van der Waals surface area contributed by atoms with Gasteiger partial charge in [-0.3, -0.25) is 4.79 Å². The summed E-state index contributed by atoms with van der Waals surface area (Å²) >= 11 is 6.06. The van der Waals surface area contributed by atoms with Gasteiger partial charge in [-0.2, -0.15) is 4.31 Å². The van der Waals surface area contributed by atoms with Crippen LogP contribution in [0.15, 0.2) is 23.1 Å². The van der Waals surface area contributed by atoms with Gasteiger partial charge in [-0.1, -0.05) is 18.5 Å². The van der Waals surface area contributed by atoms with Crippen LogP contribution in [0, 0.1) is 0 Å². The van der Waals surface area contributed by atoms with Gasteiger partial charge in [0.25, 0.3) is 5.91 Å². The molecule has 1 aromatic rings. The van der Waals surface area contributed by atoms with Gasteiger partial charge in [-0.15, -0.1) is 0 Å². The van der Waals surface area contributed by atoms with Gasteiger partial charge in [-0.25, -0.2) is 8.42 Å². The second kappa shape index (κ2) is 6.98. The van der Waals surface area contributed by atoms with Crippen LogP contribution in [0.5, 0.6) is 0 Å². The molecular formula is C15H21ClN2O3S. The Labute approximate surface area is 136 Å². The zero-order valence-electron chi connectivity index (χ0n) is 12.8. The Kier molecular flexibility index (Phi) is 5.47. The lowest BCUT2D eigenvalue weighted by atomic mass is 10.2. The van der Waals surface area contributed by atoms with E-state index >= 15 is 0 Å². The Hall–Kier alpha value is -1.11. The van der Waals surface area contributed by atoms with Crippen LogP contribution in [0.4, 0.5) is 0 Å². The molecule has 1 amide bonds. The third-order valence-electron chi connectivity index (χ3n) is 3.88. The van der Waals surface area contributed by atoms with Gasteiger partial charge in [0.1, 0.15) is 0 Å². The first-order valence-electron chi connectivity index (χ1n) is 7.47. The van der Waals surface area contributed by atoms with Crippen molar-refractivity contribution in [2.24, 2.45) is 0 Å². The largest absolute Gasteiger partial charge is 0.350 e. The van der Waals surface area contributed by atoms with Crippen LogP contribution in [0.25, 0.3) is 0 Å². The minimum atomic E-state index is -3.55. The van der Waals surface area contributed by atoms with E-state index in [9.17, 15) is 13.2 Å². The summed E-state index contributed by atoms with van der Waals surface area (Å²) in [5.41, 5.74) is 0.197. The molecule has 1 unspecified atom stereocenters. The fourth-order valence-corrected chi connectivity index (χ4v) is 4.07. The minimum Gasteiger partial charge on any atom is -0.350 e. The molecule has 0 aliphatic carbocycles. The lowest BCUT2D eigenvalue weighted by molar-refractivity contribution is 0.0939. The Balaban J connectivity index is 2.32. The molecule has 1 heterocycles. The number of nitrogens with zero attached hydrogens (tertiary/aromatic N) is 1. The molecule has 0 saturated carbocycles. The molecule has 0 spiro atoms. The Morgan fingerprint density at radius 1 is 1.36 bits per heavy atom. The normalized spacial score (nSPS) is 17.4. The molecule has 1 aromatic carbocycles. The van der Waals surface area contributed by atoms with Crippen molar-refractivity contribution in [3.8, 4) is 0 Å². The standard InChI is InChI=1S/C15H21ClN2O3S/c1-3-11(2)17-15(19)13-10-12(6-7-14(13)16)22(20,21)18-8-4-5-9-18/h6-7,10-11H,3-5,8-9H2,1-2H3,(H,17,19). The Morgan fingerprint density at radius 2 is 2.00 bits per heavy atom. The molecule has 1 fully saturated rings. The number of halogens is 1. The molecule has 1 aliphatic rings. The molecule has 5 nitrogen and oxygen atoms in total. The summed E-state index contributed by atoms with van der Waals surface area (Å²) in [6.45, 7) is 4.90. The van der Waals surface area contributed by atoms with Crippen molar-refractivity contribution in [1.29, 1.82) is 0 Å². The molecule has 7 heteroatoms. The van der Waals surface area contributed by atoms with Crippen LogP contribution in [-0.4, -0.2) is 37.8 Å². The van der Waals surface area contributed by atoms with Crippen LogP contribution >= 0.6 is 11.6 Å². The molecule has 2 rings (SSSR count). The molecule has 22 heavy (non-hydrogen) atoms. The summed E-state index contributed by atoms with van der Waals surface area (Å²) in [4.78, 5) is 12.3. The van der Waals surface area contributed by atoms with Crippen LogP contribution < -0.4 is 5.32 Å². The van der Waals surface area contributed by atoms with E-state index in [-0.39, 0.29) is 27.4 Å². The summed E-state index contributed by atoms with van der Waals surface area (Å²) in [6, 6.07) is 4.29. The summed E-state index contributed by atoms with van der Waals surface area (Å²) in [7, 11) is -3.55. The average molecular weight is 345 g/mol. The number of benzene rings is 1. The number of sulfonamides is 1. The van der Waals surface area contributed by atoms with E-state index in [2.05, 4.69) is 5.32 Å². The summed E-state index contributed by atoms with van der Waals surface area (Å²) in [5, 5.41) is 3.05. The fourth-order valence-electron chi connectivity index (χ4n) is 2.32. The zero-order chi connectivity index (χ0) is 16.3. The predicted molar refractivity (Wildman–Crippen MR) is 86.7 cm³/mol. The second-order valence-electron chi connectivity index (χ2n) is 5.54. The van der Waals surface area contributed by atoms with Crippen LogP contribution in [0.3, 0.4) is 0 Å². The lowest BCUT2D eigenvalue weighted by Gasteiger charge is -2.17. The fraction of sp³-hybridized carbons (Fsp3) is 0.533. The maximum atomic E-state index is 12.6. The predicted octanol–water partition coefficient (Wildman–Crippen LogP) is 2.65. The molecule has 0 radical (unpaired) electrons. The first-order chi connectivity index (χ1) is 10.4. The molecule has 0 bridgehead atoms. The van der Waals surface area contributed by atoms with Gasteiger partial charge in [0.15, 0.2) is 0 Å². The third kappa shape index (κ3) is 3.62. The van der Waals surface area contributed by atoms with E-state index in [4.69, 9.17) is 11.6 Å². The topological polar surface area (TPSA) is 66.5 Å². The van der Waals surface area contributed by atoms with E-state index < -0.39 is 10.0 Å². The van der Waals surface area contributed by atoms with Crippen molar-refractivity contribution in [3.63, 3.8) is 0 Å². The lowest BCUT2D eigenvalue weighted by Crippen LogP contribution is -2.32. The van der Waals surface area contributed by atoms with E-state index in [0.29, 0.717) is 13.1 Å². The summed E-state index contributed by atoms with van der Waals surface area (Å²) in [5.74, 6) is -0.349. The van der Waals surface area contributed by atoms with E-state index in [0.717, 1.165) is 19.3 Å². The van der Waals surface area contributed by atoms with Crippen molar-refractivity contribution in [2.45, 2.75) is 44.0 Å². The summed E-state index contributed by atoms with van der Waals surface area (Å²) < 4.78 is 26.6. The Bertz CT molecular complexity index is 655. The maximum Gasteiger partial charge on any atom is 0.253 e. The quantitative estimate of drug-likeness (QED) is 0.893. The number of hydrogen-bond acceptors (Lipinski definition) is 3. The molecule has 1 atom stereocenters. The molecule has 1 N–H and O–H groups in total. The molecular weight excluding hydrogens is 324 g/mol. The monoisotopic (exact) mass is 344 g/mol. The SMILES string of the molecule is CCC(C)NC(=O)c1cc(S(=O)(=O)N2CCCC2)ccc1Cl. The number of rotatable bonds is 5. The molecule has 0 aromatic heterocycles. The van der Waals surface area contributed by atoms with Crippen LogP contribution in [-0.2, 0) is 10.0 Å². The number of amides is 1. The molecule has 1 aliphatic heterocycles. The van der Waals surface area contributed by atoms with E-state index in [1.165, 1.54) is 22.5 Å². The highest BCUT2D eigenvalue weighted by atomic mass is 35.5. The van der Waals surface area contributed by atoms with Gasteiger partial charge in [0.05, 0.1) is 15.5 Å². The smallest absolute Gasteiger partial charge is 0.253 e. The van der Waals surface area contributed by atoms with Crippen LogP contribution in [0.2, 0.25) is 5.02 Å². The highest BCUT2D eigenvalue weighted by Gasteiger charge is 2.28. The van der Waals surface area contributed by atoms with Crippen molar-refractivity contribution >= 4 is 27.5 Å². The van der Waals surface area contributed by atoms with Gasteiger partial charge >= 0.3 is 0 Å². The average Bonchev–Trinajstić information content (AvgIpc) is 3.02. The minimum absolute atomic E-state index is 0.00223. The van der Waals surface area contributed by atoms with E-state index in [1.54, 1.807) is 0 Å². The maximum absolute atomic E-state index is 12.6. The first kappa shape index (κ1) is 17.2. The zero-order valence-corrected chi connectivity index (χ0v) is 14.4. The van der Waals surface area contributed by atoms with Gasteiger partial charge in [-0.05, 0) is 44.4 Å². The van der Waals surface area contributed by atoms with Gasteiger partial charge < -0.3 is 5.32 Å². The summed E-state index contributed by atoms with van der Waals surface area (Å²) in [6.07, 6.45) is 2.53. The first-order valence-corrected chi connectivity index (χ1v) is 9.28. The van der Waals surface area contributed by atoms with Gasteiger partial charge in [0, 0.05) is 19.1 Å². The van der Waals surface area contributed by atoms with Crippen molar-refractivity contribution in [3.05, 3.63) is 28.8 Å². The van der Waals surface area contributed by atoms with E-state index in [1.807, 2.05) is 13.8 Å². The number of carbonyl (C=O) groups excluding carboxylic acids is 1. The molecule has 1 saturated heterocycles. The van der Waals surface area contributed by atoms with Crippen molar-refractivity contribution in [1.82, 2.24) is 9.62 Å². The van der Waals surface area contributed by atoms with Crippen LogP contribution in [0.1, 0.15) is 43.5 Å². The van der Waals surface area contributed by atoms with Gasteiger partial charge in [0.2, 0.25) is 10.0 Å². The van der Waals surface area contributed by atoms with Crippen molar-refractivity contribution in [2.75, 3.05) is 13.1 Å². The second-order valence-corrected chi connectivity index (χ2v) is 7.88. The number of carbonyl (C=O) groups is 1. The number of hydrogen-bond donors (Lipinski definition) is 1. The highest BCUT2D eigenvalue weighted by Crippen LogP contribution is 2.25.